The largest absolute Gasteiger partial charge is 0.271 e. The van der Waals surface area contributed by atoms with Crippen molar-refractivity contribution in [2.24, 2.45) is 5.10 Å². The number of aromatic nitrogens is 1. The minimum absolute atomic E-state index is 0.179. The number of sulfonamides is 1. The Morgan fingerprint density at radius 3 is 2.44 bits per heavy atom. The molecule has 0 aliphatic carbocycles. The molecule has 32 heavy (non-hydrogen) atoms. The fourth-order valence-electron chi connectivity index (χ4n) is 3.74. The number of hydrogen-bond acceptors (Lipinski definition) is 5. The van der Waals surface area contributed by atoms with Crippen LogP contribution in [-0.2, 0) is 16.6 Å². The molecular formula is C24H18N4O3S. The van der Waals surface area contributed by atoms with Gasteiger partial charge in [-0.05, 0) is 52.9 Å². The molecule has 0 spiro atoms. The molecule has 1 aliphatic rings. The van der Waals surface area contributed by atoms with E-state index in [-0.39, 0.29) is 12.5 Å². The van der Waals surface area contributed by atoms with Gasteiger partial charge >= 0.3 is 0 Å². The molecule has 0 saturated carbocycles. The third kappa shape index (κ3) is 3.50. The van der Waals surface area contributed by atoms with Crippen LogP contribution in [0.5, 0.6) is 0 Å². The first kappa shape index (κ1) is 19.9. The summed E-state index contributed by atoms with van der Waals surface area (Å²) in [5, 5.41) is 5.59. The Balaban J connectivity index is 1.33. The van der Waals surface area contributed by atoms with Crippen LogP contribution in [-0.4, -0.2) is 25.5 Å². The zero-order chi connectivity index (χ0) is 22.1. The summed E-state index contributed by atoms with van der Waals surface area (Å²) in [6.45, 7) is 0.179. The van der Waals surface area contributed by atoms with Gasteiger partial charge in [-0.1, -0.05) is 36.4 Å². The normalized spacial score (nSPS) is 14.2. The van der Waals surface area contributed by atoms with Crippen molar-refractivity contribution in [3.8, 4) is 0 Å². The number of rotatable bonds is 5. The first-order chi connectivity index (χ1) is 15.5. The maximum absolute atomic E-state index is 13.1. The Bertz CT molecular complexity index is 1440. The van der Waals surface area contributed by atoms with E-state index in [0.717, 1.165) is 21.9 Å². The average Bonchev–Trinajstić information content (AvgIpc) is 3.03. The number of amides is 1. The van der Waals surface area contributed by atoms with Crippen molar-refractivity contribution in [2.75, 3.05) is 4.31 Å². The van der Waals surface area contributed by atoms with E-state index < -0.39 is 10.0 Å². The molecule has 1 amide bonds. The van der Waals surface area contributed by atoms with Gasteiger partial charge in [0.15, 0.2) is 0 Å². The van der Waals surface area contributed by atoms with E-state index in [2.05, 4.69) is 15.5 Å². The molecule has 1 aliphatic heterocycles. The highest BCUT2D eigenvalue weighted by Crippen LogP contribution is 2.42. The average molecular weight is 443 g/mol. The Hall–Kier alpha value is -4.04. The van der Waals surface area contributed by atoms with E-state index >= 15 is 0 Å². The van der Waals surface area contributed by atoms with Crippen LogP contribution < -0.4 is 9.73 Å². The zero-order valence-corrected chi connectivity index (χ0v) is 17.7. The molecule has 4 aromatic rings. The van der Waals surface area contributed by atoms with Crippen LogP contribution in [0.4, 0.5) is 5.69 Å². The summed E-state index contributed by atoms with van der Waals surface area (Å²) >= 11 is 0. The zero-order valence-electron chi connectivity index (χ0n) is 16.8. The van der Waals surface area contributed by atoms with Gasteiger partial charge in [0.2, 0.25) is 0 Å². The number of anilines is 1. The van der Waals surface area contributed by atoms with Crippen LogP contribution in [0.15, 0.2) is 95.2 Å². The molecule has 1 N–H and O–H groups in total. The molecular weight excluding hydrogens is 424 g/mol. The third-order valence-corrected chi connectivity index (χ3v) is 7.11. The number of benzene rings is 3. The van der Waals surface area contributed by atoms with Crippen LogP contribution in [0, 0.1) is 0 Å². The first-order valence-electron chi connectivity index (χ1n) is 9.91. The highest BCUT2D eigenvalue weighted by atomic mass is 32.2. The lowest BCUT2D eigenvalue weighted by Crippen LogP contribution is -2.26. The molecule has 1 aromatic heterocycles. The number of nitrogens with one attached hydrogen (secondary N) is 1. The molecule has 0 unspecified atom stereocenters. The number of carbonyl (C=O) groups excluding carboxylic acids is 1. The summed E-state index contributed by atoms with van der Waals surface area (Å²) in [6, 6.07) is 21.2. The Morgan fingerprint density at radius 1 is 0.969 bits per heavy atom. The second-order valence-electron chi connectivity index (χ2n) is 7.32. The van der Waals surface area contributed by atoms with Crippen LogP contribution in [0.1, 0.15) is 21.5 Å². The predicted octanol–water partition coefficient (Wildman–Crippen LogP) is 3.71. The van der Waals surface area contributed by atoms with Crippen molar-refractivity contribution in [1.82, 2.24) is 10.4 Å². The number of pyridine rings is 1. The highest BCUT2D eigenvalue weighted by Gasteiger charge is 2.35. The van der Waals surface area contributed by atoms with E-state index in [1.165, 1.54) is 10.5 Å². The molecule has 0 atom stereocenters. The number of hydrogen-bond donors (Lipinski definition) is 1. The lowest BCUT2D eigenvalue weighted by Gasteiger charge is -2.19. The molecule has 3 aromatic carbocycles. The van der Waals surface area contributed by atoms with E-state index in [4.69, 9.17) is 0 Å². The van der Waals surface area contributed by atoms with Crippen LogP contribution in [0.2, 0.25) is 0 Å². The molecule has 0 bridgehead atoms. The minimum atomic E-state index is -3.63. The van der Waals surface area contributed by atoms with Crippen molar-refractivity contribution in [2.45, 2.75) is 11.4 Å². The minimum Gasteiger partial charge on any atom is -0.267 e. The van der Waals surface area contributed by atoms with Crippen molar-refractivity contribution in [3.63, 3.8) is 0 Å². The lowest BCUT2D eigenvalue weighted by molar-refractivity contribution is 0.0955. The van der Waals surface area contributed by atoms with Gasteiger partial charge < -0.3 is 0 Å². The van der Waals surface area contributed by atoms with Crippen molar-refractivity contribution in [1.29, 1.82) is 0 Å². The smallest absolute Gasteiger partial charge is 0.267 e. The molecule has 0 radical (unpaired) electrons. The van der Waals surface area contributed by atoms with Crippen molar-refractivity contribution < 1.29 is 13.2 Å². The van der Waals surface area contributed by atoms with Gasteiger partial charge in [0.25, 0.3) is 15.9 Å². The summed E-state index contributed by atoms with van der Waals surface area (Å²) in [5.74, 6) is -0.354. The quantitative estimate of drug-likeness (QED) is 0.377. The second-order valence-corrected chi connectivity index (χ2v) is 9.15. The fraction of sp³-hybridized carbons (Fsp3) is 0.0417. The Labute approximate surface area is 185 Å². The monoisotopic (exact) mass is 442 g/mol. The molecule has 8 heteroatoms. The van der Waals surface area contributed by atoms with Gasteiger partial charge in [-0.15, -0.1) is 0 Å². The number of hydrazone groups is 1. The molecule has 7 nitrogen and oxygen atoms in total. The van der Waals surface area contributed by atoms with Gasteiger partial charge in [0.05, 0.1) is 23.3 Å². The standard InChI is InChI=1S/C24H18N4O3S/c29-24(27-26-15-17-11-13-25-14-12-17)20-9-7-18(8-10-20)16-28-21-5-1-3-19-4-2-6-22(23(19)21)32(28,30)31/h1-15H,16H2,(H,27,29). The van der Waals surface area contributed by atoms with Gasteiger partial charge in [-0.3, -0.25) is 14.1 Å². The van der Waals surface area contributed by atoms with E-state index in [1.807, 2.05) is 24.3 Å². The number of nitrogens with zero attached hydrogens (tertiary/aromatic N) is 3. The van der Waals surface area contributed by atoms with Gasteiger partial charge in [0.1, 0.15) is 0 Å². The van der Waals surface area contributed by atoms with Crippen molar-refractivity contribution >= 4 is 38.6 Å². The summed E-state index contributed by atoms with van der Waals surface area (Å²) in [6.07, 6.45) is 4.81. The molecule has 0 fully saturated rings. The molecule has 5 rings (SSSR count). The summed E-state index contributed by atoms with van der Waals surface area (Å²) < 4.78 is 27.7. The first-order valence-corrected chi connectivity index (χ1v) is 11.3. The lowest BCUT2D eigenvalue weighted by atomic mass is 10.1. The second kappa shape index (κ2) is 7.90. The Kier molecular flexibility index (Phi) is 4.91. The highest BCUT2D eigenvalue weighted by molar-refractivity contribution is 7.93. The van der Waals surface area contributed by atoms with Gasteiger partial charge in [0, 0.05) is 23.3 Å². The van der Waals surface area contributed by atoms with Crippen LogP contribution in [0.3, 0.4) is 0 Å². The van der Waals surface area contributed by atoms with Crippen LogP contribution >= 0.6 is 0 Å². The van der Waals surface area contributed by atoms with E-state index in [9.17, 15) is 13.2 Å². The SMILES string of the molecule is O=C(NN=Cc1ccncc1)c1ccc(CN2c3cccc4cccc(c34)S2(=O)=O)cc1. The third-order valence-electron chi connectivity index (χ3n) is 5.31. The molecule has 0 saturated heterocycles. The maximum atomic E-state index is 13.1. The Morgan fingerprint density at radius 2 is 1.69 bits per heavy atom. The summed E-state index contributed by atoms with van der Waals surface area (Å²) in [5.41, 5.74) is 5.17. The maximum Gasteiger partial charge on any atom is 0.271 e. The summed E-state index contributed by atoms with van der Waals surface area (Å²) in [7, 11) is -3.63. The van der Waals surface area contributed by atoms with Crippen molar-refractivity contribution in [3.05, 3.63) is 102 Å². The predicted molar refractivity (Wildman–Crippen MR) is 123 cm³/mol. The van der Waals surface area contributed by atoms with Gasteiger partial charge in [-0.25, -0.2) is 13.8 Å². The summed E-state index contributed by atoms with van der Waals surface area (Å²) in [4.78, 5) is 16.6. The van der Waals surface area contributed by atoms with Gasteiger partial charge in [-0.2, -0.15) is 5.10 Å². The fourth-order valence-corrected chi connectivity index (χ4v) is 5.43. The molecule has 2 heterocycles. The molecule has 158 valence electrons. The topological polar surface area (TPSA) is 91.7 Å². The van der Waals surface area contributed by atoms with E-state index in [0.29, 0.717) is 16.1 Å². The van der Waals surface area contributed by atoms with Crippen LogP contribution in [0.25, 0.3) is 10.8 Å². The van der Waals surface area contributed by atoms with E-state index in [1.54, 1.807) is 60.9 Å². The number of carbonyl (C=O) groups is 1.